The number of carbonyl (C=O) groups excluding carboxylic acids is 1. The molecule has 1 heterocycles. The summed E-state index contributed by atoms with van der Waals surface area (Å²) in [5.74, 6) is 0.356. The van der Waals surface area contributed by atoms with Crippen LogP contribution in [0.15, 0.2) is 30.3 Å². The molecule has 0 bridgehead atoms. The normalized spacial score (nSPS) is 17.3. The highest BCUT2D eigenvalue weighted by Crippen LogP contribution is 2.17. The lowest BCUT2D eigenvalue weighted by atomic mass is 9.96. The summed E-state index contributed by atoms with van der Waals surface area (Å²) in [5, 5.41) is 3.03. The van der Waals surface area contributed by atoms with Gasteiger partial charge in [0.1, 0.15) is 0 Å². The fourth-order valence-corrected chi connectivity index (χ4v) is 2.53. The van der Waals surface area contributed by atoms with E-state index in [0.717, 1.165) is 38.0 Å². The van der Waals surface area contributed by atoms with Gasteiger partial charge >= 0.3 is 0 Å². The van der Waals surface area contributed by atoms with Crippen LogP contribution in [0.2, 0.25) is 0 Å². The largest absolute Gasteiger partial charge is 0.352 e. The molecule has 1 saturated heterocycles. The van der Waals surface area contributed by atoms with Crippen molar-refractivity contribution in [2.75, 3.05) is 26.2 Å². The van der Waals surface area contributed by atoms with Crippen molar-refractivity contribution in [3.63, 3.8) is 0 Å². The number of nitrogens with two attached hydrogens (primary N) is 1. The number of amides is 1. The smallest absolute Gasteiger partial charge is 0.223 e. The average Bonchev–Trinajstić information content (AvgIpc) is 2.47. The lowest BCUT2D eigenvalue weighted by Crippen LogP contribution is -2.41. The van der Waals surface area contributed by atoms with E-state index >= 15 is 0 Å². The topological polar surface area (TPSA) is 58.4 Å². The van der Waals surface area contributed by atoms with Crippen LogP contribution in [-0.2, 0) is 11.3 Å². The maximum absolute atomic E-state index is 12.1. The Balaban J connectivity index is 1.73. The molecule has 4 heteroatoms. The summed E-state index contributed by atoms with van der Waals surface area (Å²) in [5.41, 5.74) is 6.69. The van der Waals surface area contributed by atoms with Crippen molar-refractivity contribution in [1.29, 1.82) is 0 Å². The van der Waals surface area contributed by atoms with Gasteiger partial charge in [-0.3, -0.25) is 4.79 Å². The van der Waals surface area contributed by atoms with Crippen LogP contribution in [0.4, 0.5) is 0 Å². The van der Waals surface area contributed by atoms with E-state index in [4.69, 9.17) is 5.73 Å². The molecule has 1 amide bonds. The van der Waals surface area contributed by atoms with Gasteiger partial charge in [0.25, 0.3) is 0 Å². The second-order valence-electron chi connectivity index (χ2n) is 5.11. The molecule has 0 atom stereocenters. The van der Waals surface area contributed by atoms with E-state index in [1.54, 1.807) is 0 Å². The minimum Gasteiger partial charge on any atom is -0.352 e. The number of piperidine rings is 1. The van der Waals surface area contributed by atoms with E-state index in [9.17, 15) is 4.79 Å². The van der Waals surface area contributed by atoms with Crippen molar-refractivity contribution < 1.29 is 4.79 Å². The molecule has 1 aliphatic rings. The second-order valence-corrected chi connectivity index (χ2v) is 5.11. The van der Waals surface area contributed by atoms with Crippen molar-refractivity contribution in [2.45, 2.75) is 19.4 Å². The number of hydrogen-bond donors (Lipinski definition) is 2. The molecule has 0 saturated carbocycles. The zero-order valence-electron chi connectivity index (χ0n) is 11.3. The molecule has 3 N–H and O–H groups in total. The standard InChI is InChI=1S/C15H23N3O/c16-8-11-18-9-6-14(7-10-18)15(19)17-12-13-4-2-1-3-5-13/h1-5,14H,6-12,16H2,(H,17,19). The number of benzene rings is 1. The molecule has 0 unspecified atom stereocenters. The Morgan fingerprint density at radius 2 is 1.95 bits per heavy atom. The molecule has 0 aliphatic carbocycles. The molecule has 2 rings (SSSR count). The third-order valence-electron chi connectivity index (χ3n) is 3.71. The maximum atomic E-state index is 12.1. The number of nitrogens with zero attached hydrogens (tertiary/aromatic N) is 1. The van der Waals surface area contributed by atoms with Crippen LogP contribution in [-0.4, -0.2) is 37.0 Å². The van der Waals surface area contributed by atoms with Gasteiger partial charge in [0.2, 0.25) is 5.91 Å². The molecule has 1 aromatic carbocycles. The Morgan fingerprint density at radius 3 is 2.58 bits per heavy atom. The molecule has 1 fully saturated rings. The second kappa shape index (κ2) is 7.26. The van der Waals surface area contributed by atoms with Gasteiger partial charge in [0.05, 0.1) is 0 Å². The molecular formula is C15H23N3O. The molecule has 104 valence electrons. The first-order chi connectivity index (χ1) is 9.29. The summed E-state index contributed by atoms with van der Waals surface area (Å²) in [6.45, 7) is 4.24. The quantitative estimate of drug-likeness (QED) is 0.830. The van der Waals surface area contributed by atoms with Crippen LogP contribution in [0.3, 0.4) is 0 Å². The summed E-state index contributed by atoms with van der Waals surface area (Å²) in [6, 6.07) is 10.0. The minimum absolute atomic E-state index is 0.165. The first-order valence-electron chi connectivity index (χ1n) is 7.03. The van der Waals surface area contributed by atoms with Gasteiger partial charge in [0, 0.05) is 25.6 Å². The predicted molar refractivity (Wildman–Crippen MR) is 76.5 cm³/mol. The Kier molecular flexibility index (Phi) is 5.36. The Bertz CT molecular complexity index is 386. The lowest BCUT2D eigenvalue weighted by molar-refractivity contribution is -0.126. The monoisotopic (exact) mass is 261 g/mol. The summed E-state index contributed by atoms with van der Waals surface area (Å²) in [6.07, 6.45) is 1.89. The van der Waals surface area contributed by atoms with Gasteiger partial charge in [-0.25, -0.2) is 0 Å². The third kappa shape index (κ3) is 4.33. The maximum Gasteiger partial charge on any atom is 0.223 e. The van der Waals surface area contributed by atoms with E-state index in [2.05, 4.69) is 10.2 Å². The highest BCUT2D eigenvalue weighted by molar-refractivity contribution is 5.78. The van der Waals surface area contributed by atoms with Gasteiger partial charge in [0.15, 0.2) is 0 Å². The number of rotatable bonds is 5. The van der Waals surface area contributed by atoms with Crippen LogP contribution < -0.4 is 11.1 Å². The zero-order valence-corrected chi connectivity index (χ0v) is 11.3. The molecule has 0 spiro atoms. The molecule has 19 heavy (non-hydrogen) atoms. The summed E-state index contributed by atoms with van der Waals surface area (Å²) in [4.78, 5) is 14.4. The average molecular weight is 261 g/mol. The van der Waals surface area contributed by atoms with Crippen molar-refractivity contribution in [3.8, 4) is 0 Å². The van der Waals surface area contributed by atoms with Crippen molar-refractivity contribution in [2.24, 2.45) is 11.7 Å². The van der Waals surface area contributed by atoms with Crippen LogP contribution >= 0.6 is 0 Å². The van der Waals surface area contributed by atoms with Gasteiger partial charge < -0.3 is 16.0 Å². The molecule has 4 nitrogen and oxygen atoms in total. The number of likely N-dealkylation sites (tertiary alicyclic amines) is 1. The van der Waals surface area contributed by atoms with Crippen molar-refractivity contribution in [1.82, 2.24) is 10.2 Å². The van der Waals surface area contributed by atoms with Crippen LogP contribution in [0, 0.1) is 5.92 Å². The van der Waals surface area contributed by atoms with Crippen LogP contribution in [0.5, 0.6) is 0 Å². The van der Waals surface area contributed by atoms with E-state index < -0.39 is 0 Å². The van der Waals surface area contributed by atoms with E-state index in [-0.39, 0.29) is 11.8 Å². The lowest BCUT2D eigenvalue weighted by Gasteiger charge is -2.30. The SMILES string of the molecule is NCCN1CCC(C(=O)NCc2ccccc2)CC1. The van der Waals surface area contributed by atoms with Crippen molar-refractivity contribution in [3.05, 3.63) is 35.9 Å². The molecule has 0 radical (unpaired) electrons. The fourth-order valence-electron chi connectivity index (χ4n) is 2.53. The number of carbonyl (C=O) groups is 1. The fraction of sp³-hybridized carbons (Fsp3) is 0.533. The third-order valence-corrected chi connectivity index (χ3v) is 3.71. The van der Waals surface area contributed by atoms with Crippen molar-refractivity contribution >= 4 is 5.91 Å². The molecule has 0 aromatic heterocycles. The summed E-state index contributed by atoms with van der Waals surface area (Å²) in [7, 11) is 0. The van der Waals surface area contributed by atoms with E-state index in [1.807, 2.05) is 30.3 Å². The highest BCUT2D eigenvalue weighted by Gasteiger charge is 2.24. The summed E-state index contributed by atoms with van der Waals surface area (Å²) >= 11 is 0. The van der Waals surface area contributed by atoms with Gasteiger partial charge in [-0.05, 0) is 31.5 Å². The zero-order chi connectivity index (χ0) is 13.5. The van der Waals surface area contributed by atoms with Crippen LogP contribution in [0.1, 0.15) is 18.4 Å². The predicted octanol–water partition coefficient (Wildman–Crippen LogP) is 0.974. The molecule has 1 aromatic rings. The first-order valence-corrected chi connectivity index (χ1v) is 7.03. The Morgan fingerprint density at radius 1 is 1.26 bits per heavy atom. The van der Waals surface area contributed by atoms with Crippen LogP contribution in [0.25, 0.3) is 0 Å². The van der Waals surface area contributed by atoms with Gasteiger partial charge in [-0.2, -0.15) is 0 Å². The Labute approximate surface area is 115 Å². The van der Waals surface area contributed by atoms with E-state index in [1.165, 1.54) is 0 Å². The number of nitrogens with one attached hydrogen (secondary N) is 1. The Hall–Kier alpha value is -1.39. The number of hydrogen-bond acceptors (Lipinski definition) is 3. The van der Waals surface area contributed by atoms with E-state index in [0.29, 0.717) is 13.1 Å². The summed E-state index contributed by atoms with van der Waals surface area (Å²) < 4.78 is 0. The molecule has 1 aliphatic heterocycles. The van der Waals surface area contributed by atoms with Gasteiger partial charge in [-0.1, -0.05) is 30.3 Å². The first kappa shape index (κ1) is 14.0. The molecular weight excluding hydrogens is 238 g/mol. The highest BCUT2D eigenvalue weighted by atomic mass is 16.1. The van der Waals surface area contributed by atoms with Gasteiger partial charge in [-0.15, -0.1) is 0 Å². The minimum atomic E-state index is 0.165.